The fourth-order valence-electron chi connectivity index (χ4n) is 2.91. The lowest BCUT2D eigenvalue weighted by molar-refractivity contribution is 0.0364. The summed E-state index contributed by atoms with van der Waals surface area (Å²) >= 11 is 0. The van der Waals surface area contributed by atoms with Gasteiger partial charge in [-0.15, -0.1) is 0 Å². The molecular formula is C17H24N4O3S. The average Bonchev–Trinajstić information content (AvgIpc) is 3.08. The molecule has 1 atom stereocenters. The topological polar surface area (TPSA) is 76.5 Å². The highest BCUT2D eigenvalue weighted by Gasteiger charge is 2.23. The van der Waals surface area contributed by atoms with E-state index < -0.39 is 10.0 Å². The van der Waals surface area contributed by atoms with Crippen LogP contribution in [0.4, 0.5) is 0 Å². The monoisotopic (exact) mass is 364 g/mol. The highest BCUT2D eigenvalue weighted by Crippen LogP contribution is 2.21. The van der Waals surface area contributed by atoms with Crippen LogP contribution in [0.5, 0.6) is 0 Å². The molecule has 1 aliphatic heterocycles. The lowest BCUT2D eigenvalue weighted by Crippen LogP contribution is -2.39. The van der Waals surface area contributed by atoms with Crippen molar-refractivity contribution in [1.82, 2.24) is 19.4 Å². The van der Waals surface area contributed by atoms with Gasteiger partial charge in [0.1, 0.15) is 4.90 Å². The fraction of sp³-hybridized carbons (Fsp3) is 0.471. The minimum atomic E-state index is -3.62. The smallest absolute Gasteiger partial charge is 0.244 e. The van der Waals surface area contributed by atoms with Crippen molar-refractivity contribution in [3.63, 3.8) is 0 Å². The zero-order chi connectivity index (χ0) is 17.7. The van der Waals surface area contributed by atoms with Crippen LogP contribution >= 0.6 is 0 Å². The molecule has 0 amide bonds. The first-order valence-corrected chi connectivity index (χ1v) is 9.89. The lowest BCUT2D eigenvalue weighted by Gasteiger charge is -2.28. The second-order valence-electron chi connectivity index (χ2n) is 6.18. The van der Waals surface area contributed by atoms with E-state index in [1.165, 1.54) is 17.1 Å². The Morgan fingerprint density at radius 3 is 2.60 bits per heavy atom. The van der Waals surface area contributed by atoms with Crippen molar-refractivity contribution in [3.05, 3.63) is 48.3 Å². The predicted molar refractivity (Wildman–Crippen MR) is 94.6 cm³/mol. The second-order valence-corrected chi connectivity index (χ2v) is 7.89. The number of aromatic nitrogens is 2. The van der Waals surface area contributed by atoms with E-state index in [4.69, 9.17) is 4.74 Å². The molecule has 0 radical (unpaired) electrons. The first-order valence-electron chi connectivity index (χ1n) is 8.40. The van der Waals surface area contributed by atoms with Gasteiger partial charge < -0.3 is 4.74 Å². The molecule has 3 rings (SSSR count). The van der Waals surface area contributed by atoms with E-state index in [1.54, 1.807) is 7.05 Å². The SMILES string of the molecule is Cn1cc(S(=O)(=O)N[C@@H](CCN2CCOCC2)c2ccccc2)cn1. The molecule has 0 aliphatic carbocycles. The summed E-state index contributed by atoms with van der Waals surface area (Å²) in [5, 5.41) is 3.96. The Hall–Kier alpha value is -1.74. The Bertz CT molecular complexity index is 770. The first kappa shape index (κ1) is 18.1. The summed E-state index contributed by atoms with van der Waals surface area (Å²) in [7, 11) is -1.92. The van der Waals surface area contributed by atoms with Crippen LogP contribution in [-0.2, 0) is 21.8 Å². The number of rotatable bonds is 7. The number of aryl methyl sites for hydroxylation is 1. The van der Waals surface area contributed by atoms with Crippen molar-refractivity contribution >= 4 is 10.0 Å². The lowest BCUT2D eigenvalue weighted by atomic mass is 10.0. The third-order valence-electron chi connectivity index (χ3n) is 4.33. The molecule has 1 saturated heterocycles. The molecule has 0 saturated carbocycles. The number of morpholine rings is 1. The van der Waals surface area contributed by atoms with Gasteiger partial charge in [-0.3, -0.25) is 9.58 Å². The quantitative estimate of drug-likeness (QED) is 0.798. The van der Waals surface area contributed by atoms with E-state index in [-0.39, 0.29) is 10.9 Å². The van der Waals surface area contributed by atoms with E-state index >= 15 is 0 Å². The number of hydrogen-bond acceptors (Lipinski definition) is 5. The van der Waals surface area contributed by atoms with Crippen LogP contribution in [0.3, 0.4) is 0 Å². The number of benzene rings is 1. The van der Waals surface area contributed by atoms with Crippen molar-refractivity contribution in [2.45, 2.75) is 17.4 Å². The molecule has 8 heteroatoms. The number of sulfonamides is 1. The zero-order valence-corrected chi connectivity index (χ0v) is 15.2. The molecular weight excluding hydrogens is 340 g/mol. The Kier molecular flexibility index (Phi) is 5.85. The Morgan fingerprint density at radius 2 is 1.96 bits per heavy atom. The Labute approximate surface area is 148 Å². The Balaban J connectivity index is 1.74. The predicted octanol–water partition coefficient (Wildman–Crippen LogP) is 1.16. The highest BCUT2D eigenvalue weighted by atomic mass is 32.2. The van der Waals surface area contributed by atoms with Crippen molar-refractivity contribution in [1.29, 1.82) is 0 Å². The molecule has 0 unspecified atom stereocenters. The van der Waals surface area contributed by atoms with Crippen molar-refractivity contribution in [2.24, 2.45) is 7.05 Å². The number of hydrogen-bond donors (Lipinski definition) is 1. The molecule has 0 bridgehead atoms. The van der Waals surface area contributed by atoms with Gasteiger partial charge in [0.25, 0.3) is 0 Å². The molecule has 1 N–H and O–H groups in total. The second kappa shape index (κ2) is 8.09. The van der Waals surface area contributed by atoms with E-state index in [9.17, 15) is 8.42 Å². The molecule has 1 fully saturated rings. The zero-order valence-electron chi connectivity index (χ0n) is 14.3. The van der Waals surface area contributed by atoms with E-state index in [0.29, 0.717) is 6.42 Å². The van der Waals surface area contributed by atoms with Crippen LogP contribution in [-0.4, -0.2) is 55.9 Å². The fourth-order valence-corrected chi connectivity index (χ4v) is 4.15. The molecule has 7 nitrogen and oxygen atoms in total. The molecule has 1 aromatic heterocycles. The van der Waals surface area contributed by atoms with Gasteiger partial charge in [0.05, 0.1) is 19.4 Å². The first-order chi connectivity index (χ1) is 12.0. The van der Waals surface area contributed by atoms with Gasteiger partial charge in [-0.1, -0.05) is 30.3 Å². The van der Waals surface area contributed by atoms with E-state index in [1.807, 2.05) is 30.3 Å². The van der Waals surface area contributed by atoms with Crippen LogP contribution in [0.25, 0.3) is 0 Å². The van der Waals surface area contributed by atoms with Crippen LogP contribution in [0, 0.1) is 0 Å². The normalized spacial score (nSPS) is 17.5. The number of nitrogens with one attached hydrogen (secondary N) is 1. The van der Waals surface area contributed by atoms with Gasteiger partial charge in [0.2, 0.25) is 10.0 Å². The van der Waals surface area contributed by atoms with Crippen molar-refractivity contribution in [2.75, 3.05) is 32.8 Å². The maximum Gasteiger partial charge on any atom is 0.244 e. The molecule has 2 heterocycles. The van der Waals surface area contributed by atoms with Crippen LogP contribution in [0.1, 0.15) is 18.0 Å². The molecule has 2 aromatic rings. The maximum absolute atomic E-state index is 12.7. The van der Waals surface area contributed by atoms with Gasteiger partial charge in [0.15, 0.2) is 0 Å². The summed E-state index contributed by atoms with van der Waals surface area (Å²) in [6.45, 7) is 4.06. The average molecular weight is 364 g/mol. The van der Waals surface area contributed by atoms with Gasteiger partial charge in [0, 0.05) is 38.9 Å². The third kappa shape index (κ3) is 4.88. The van der Waals surface area contributed by atoms with Gasteiger partial charge in [-0.05, 0) is 12.0 Å². The van der Waals surface area contributed by atoms with Gasteiger partial charge >= 0.3 is 0 Å². The summed E-state index contributed by atoms with van der Waals surface area (Å²) in [6.07, 6.45) is 3.57. The largest absolute Gasteiger partial charge is 0.379 e. The molecule has 136 valence electrons. The van der Waals surface area contributed by atoms with Crippen molar-refractivity contribution < 1.29 is 13.2 Å². The number of ether oxygens (including phenoxy) is 1. The van der Waals surface area contributed by atoms with Crippen LogP contribution in [0.2, 0.25) is 0 Å². The minimum absolute atomic E-state index is 0.183. The summed E-state index contributed by atoms with van der Waals surface area (Å²) < 4.78 is 35.1. The van der Waals surface area contributed by atoms with Gasteiger partial charge in [-0.25, -0.2) is 13.1 Å². The van der Waals surface area contributed by atoms with Crippen LogP contribution < -0.4 is 4.72 Å². The van der Waals surface area contributed by atoms with Gasteiger partial charge in [-0.2, -0.15) is 5.10 Å². The Morgan fingerprint density at radius 1 is 1.24 bits per heavy atom. The third-order valence-corrected chi connectivity index (χ3v) is 5.75. The summed E-state index contributed by atoms with van der Waals surface area (Å²) in [5.41, 5.74) is 0.961. The van der Waals surface area contributed by atoms with E-state index in [2.05, 4.69) is 14.7 Å². The van der Waals surface area contributed by atoms with Crippen LogP contribution in [0.15, 0.2) is 47.6 Å². The molecule has 0 spiro atoms. The summed E-state index contributed by atoms with van der Waals surface area (Å²) in [5.74, 6) is 0. The molecule has 25 heavy (non-hydrogen) atoms. The standard InChI is InChI=1S/C17H24N4O3S/c1-20-14-16(13-18-20)25(22,23)19-17(15-5-3-2-4-6-15)7-8-21-9-11-24-12-10-21/h2-6,13-14,17,19H,7-12H2,1H3/t17-/m0/s1. The highest BCUT2D eigenvalue weighted by molar-refractivity contribution is 7.89. The van der Waals surface area contributed by atoms with Crippen molar-refractivity contribution in [3.8, 4) is 0 Å². The summed E-state index contributed by atoms with van der Waals surface area (Å²) in [4.78, 5) is 2.49. The maximum atomic E-state index is 12.7. The molecule has 1 aromatic carbocycles. The molecule has 1 aliphatic rings. The summed E-state index contributed by atoms with van der Waals surface area (Å²) in [6, 6.07) is 9.41. The minimum Gasteiger partial charge on any atom is -0.379 e. The van der Waals surface area contributed by atoms with E-state index in [0.717, 1.165) is 38.4 Å². The number of nitrogens with zero attached hydrogens (tertiary/aromatic N) is 3.